The van der Waals surface area contributed by atoms with Crippen molar-refractivity contribution in [2.75, 3.05) is 26.2 Å². The minimum Gasteiger partial charge on any atom is -0.491 e. The number of β-amino-alcohol motifs (C(OH)–C–C–N with tert-alkyl or cyclic N) is 1. The molecule has 1 atom stereocenters. The van der Waals surface area contributed by atoms with Crippen molar-refractivity contribution < 1.29 is 23.0 Å². The van der Waals surface area contributed by atoms with Gasteiger partial charge in [-0.05, 0) is 68.2 Å². The number of hydrogen-bond acceptors (Lipinski definition) is 3. The normalized spacial score (nSPS) is 17.9. The summed E-state index contributed by atoms with van der Waals surface area (Å²) in [6.45, 7) is 4.49. The maximum Gasteiger partial charge on any atom is 0.416 e. The Morgan fingerprint density at radius 2 is 1.64 bits per heavy atom. The summed E-state index contributed by atoms with van der Waals surface area (Å²) in [5, 5.41) is 10.6. The van der Waals surface area contributed by atoms with Gasteiger partial charge >= 0.3 is 6.18 Å². The number of benzene rings is 2. The third-order valence-corrected chi connectivity index (χ3v) is 4.94. The molecule has 0 spiro atoms. The Morgan fingerprint density at radius 3 is 2.29 bits per heavy atom. The van der Waals surface area contributed by atoms with Crippen LogP contribution < -0.4 is 4.74 Å². The maximum atomic E-state index is 12.9. The van der Waals surface area contributed by atoms with Crippen LogP contribution >= 0.6 is 0 Å². The van der Waals surface area contributed by atoms with E-state index in [2.05, 4.69) is 4.90 Å². The molecule has 0 aliphatic carbocycles. The zero-order valence-electron chi connectivity index (χ0n) is 16.0. The van der Waals surface area contributed by atoms with Crippen molar-refractivity contribution in [1.29, 1.82) is 0 Å². The van der Waals surface area contributed by atoms with Gasteiger partial charge in [-0.3, -0.25) is 0 Å². The van der Waals surface area contributed by atoms with Crippen molar-refractivity contribution >= 4 is 0 Å². The highest BCUT2D eigenvalue weighted by molar-refractivity contribution is 5.65. The molecule has 1 aliphatic heterocycles. The van der Waals surface area contributed by atoms with E-state index in [1.165, 1.54) is 12.5 Å². The van der Waals surface area contributed by atoms with Crippen molar-refractivity contribution in [3.8, 4) is 16.9 Å². The van der Waals surface area contributed by atoms with Crippen LogP contribution in [0.25, 0.3) is 11.1 Å². The number of aliphatic hydroxyl groups is 1. The quantitative estimate of drug-likeness (QED) is 0.751. The predicted octanol–water partition coefficient (Wildman–Crippen LogP) is 4.99. The Hall–Kier alpha value is -2.05. The number of rotatable bonds is 6. The molecule has 1 heterocycles. The van der Waals surface area contributed by atoms with Crippen LogP contribution in [0.4, 0.5) is 13.2 Å². The number of alkyl halides is 3. The van der Waals surface area contributed by atoms with Crippen LogP contribution in [0.3, 0.4) is 0 Å². The number of piperidine rings is 1. The third kappa shape index (κ3) is 5.72. The summed E-state index contributed by atoms with van der Waals surface area (Å²) >= 11 is 0. The molecule has 1 unspecified atom stereocenters. The van der Waals surface area contributed by atoms with E-state index in [1.807, 2.05) is 0 Å². The summed E-state index contributed by atoms with van der Waals surface area (Å²) in [4.78, 5) is 2.25. The fourth-order valence-corrected chi connectivity index (χ4v) is 3.50. The van der Waals surface area contributed by atoms with Gasteiger partial charge in [0.15, 0.2) is 0 Å². The molecule has 0 aromatic heterocycles. The Kier molecular flexibility index (Phi) is 6.30. The highest BCUT2D eigenvalue weighted by Crippen LogP contribution is 2.32. The highest BCUT2D eigenvalue weighted by atomic mass is 19.4. The van der Waals surface area contributed by atoms with Crippen molar-refractivity contribution in [1.82, 2.24) is 4.90 Å². The summed E-state index contributed by atoms with van der Waals surface area (Å²) in [7, 11) is 0. The number of nitrogens with zero attached hydrogens (tertiary/aromatic N) is 1. The van der Waals surface area contributed by atoms with E-state index >= 15 is 0 Å². The molecule has 1 aliphatic rings. The van der Waals surface area contributed by atoms with E-state index in [0.29, 0.717) is 23.4 Å². The molecule has 6 heteroatoms. The van der Waals surface area contributed by atoms with Gasteiger partial charge in [0, 0.05) is 6.54 Å². The minimum absolute atomic E-state index is 0.159. The molecule has 1 fully saturated rings. The molecule has 152 valence electrons. The summed E-state index contributed by atoms with van der Waals surface area (Å²) < 4.78 is 44.4. The first-order valence-electron chi connectivity index (χ1n) is 9.58. The van der Waals surface area contributed by atoms with E-state index in [0.717, 1.165) is 38.1 Å². The minimum atomic E-state index is -4.36. The Labute approximate surface area is 163 Å². The third-order valence-electron chi connectivity index (χ3n) is 4.94. The average molecular weight is 393 g/mol. The van der Waals surface area contributed by atoms with Gasteiger partial charge < -0.3 is 14.7 Å². The first-order valence-corrected chi connectivity index (χ1v) is 9.58. The zero-order chi connectivity index (χ0) is 20.2. The summed E-state index contributed by atoms with van der Waals surface area (Å²) in [6, 6.07) is 12.1. The van der Waals surface area contributed by atoms with Crippen LogP contribution in [0.1, 0.15) is 31.7 Å². The van der Waals surface area contributed by atoms with Crippen LogP contribution in [0.5, 0.6) is 5.75 Å². The molecular formula is C22H26F3NO2. The van der Waals surface area contributed by atoms with Crippen LogP contribution in [-0.2, 0) is 6.18 Å². The fourth-order valence-electron chi connectivity index (χ4n) is 3.50. The molecule has 0 saturated carbocycles. The number of hydrogen-bond donors (Lipinski definition) is 1. The first kappa shape index (κ1) is 20.7. The number of halogens is 3. The number of likely N-dealkylation sites (tertiary alicyclic amines) is 1. The topological polar surface area (TPSA) is 32.7 Å². The number of ether oxygens (including phenoxy) is 1. The SMILES string of the molecule is CC(O)(COc1ccc(-c2cccc(C(F)(F)F)c2)cc1)CN1CCCCC1. The lowest BCUT2D eigenvalue weighted by atomic mass is 10.0. The van der Waals surface area contributed by atoms with Crippen molar-refractivity contribution in [3.05, 3.63) is 54.1 Å². The van der Waals surface area contributed by atoms with Gasteiger partial charge in [-0.25, -0.2) is 0 Å². The van der Waals surface area contributed by atoms with Crippen molar-refractivity contribution in [2.24, 2.45) is 0 Å². The molecular weight excluding hydrogens is 367 g/mol. The monoisotopic (exact) mass is 393 g/mol. The summed E-state index contributed by atoms with van der Waals surface area (Å²) in [5.74, 6) is 0.578. The lowest BCUT2D eigenvalue weighted by molar-refractivity contribution is -0.137. The Morgan fingerprint density at radius 1 is 0.964 bits per heavy atom. The van der Waals surface area contributed by atoms with Crippen LogP contribution in [-0.4, -0.2) is 41.8 Å². The largest absolute Gasteiger partial charge is 0.491 e. The Balaban J connectivity index is 1.60. The highest BCUT2D eigenvalue weighted by Gasteiger charge is 2.30. The van der Waals surface area contributed by atoms with E-state index in [1.54, 1.807) is 37.3 Å². The van der Waals surface area contributed by atoms with Gasteiger partial charge in [0.2, 0.25) is 0 Å². The average Bonchev–Trinajstić information content (AvgIpc) is 2.67. The summed E-state index contributed by atoms with van der Waals surface area (Å²) in [6.07, 6.45) is -0.797. The van der Waals surface area contributed by atoms with Gasteiger partial charge in [-0.2, -0.15) is 13.2 Å². The second-order valence-electron chi connectivity index (χ2n) is 7.73. The molecule has 2 aromatic rings. The van der Waals surface area contributed by atoms with Crippen molar-refractivity contribution in [3.63, 3.8) is 0 Å². The van der Waals surface area contributed by atoms with Crippen LogP contribution in [0.2, 0.25) is 0 Å². The smallest absolute Gasteiger partial charge is 0.416 e. The molecule has 1 N–H and O–H groups in total. The van der Waals surface area contributed by atoms with E-state index in [4.69, 9.17) is 4.74 Å². The molecule has 1 saturated heterocycles. The van der Waals surface area contributed by atoms with Crippen LogP contribution in [0, 0.1) is 0 Å². The predicted molar refractivity (Wildman–Crippen MR) is 103 cm³/mol. The summed E-state index contributed by atoms with van der Waals surface area (Å²) in [5.41, 5.74) is -0.451. The first-order chi connectivity index (χ1) is 13.2. The standard InChI is InChI=1S/C22H26F3NO2/c1-21(27,15-26-12-3-2-4-13-26)16-28-20-10-8-17(9-11-20)18-6-5-7-19(14-18)22(23,24)25/h5-11,14,27H,2-4,12-13,15-16H2,1H3. The lowest BCUT2D eigenvalue weighted by Crippen LogP contribution is -2.46. The van der Waals surface area contributed by atoms with E-state index in [9.17, 15) is 18.3 Å². The van der Waals surface area contributed by atoms with Gasteiger partial charge in [0.05, 0.1) is 5.56 Å². The van der Waals surface area contributed by atoms with E-state index in [-0.39, 0.29) is 6.61 Å². The molecule has 0 bridgehead atoms. The second kappa shape index (κ2) is 8.53. The Bertz CT molecular complexity index is 766. The molecule has 0 amide bonds. The molecule has 3 nitrogen and oxygen atoms in total. The van der Waals surface area contributed by atoms with Gasteiger partial charge in [-0.15, -0.1) is 0 Å². The van der Waals surface area contributed by atoms with Gasteiger partial charge in [-0.1, -0.05) is 30.7 Å². The zero-order valence-corrected chi connectivity index (χ0v) is 16.0. The van der Waals surface area contributed by atoms with E-state index < -0.39 is 17.3 Å². The maximum absolute atomic E-state index is 12.9. The molecule has 2 aromatic carbocycles. The fraction of sp³-hybridized carbons (Fsp3) is 0.455. The van der Waals surface area contributed by atoms with Crippen molar-refractivity contribution in [2.45, 2.75) is 38.0 Å². The van der Waals surface area contributed by atoms with Gasteiger partial charge in [0.25, 0.3) is 0 Å². The second-order valence-corrected chi connectivity index (χ2v) is 7.73. The van der Waals surface area contributed by atoms with Crippen LogP contribution in [0.15, 0.2) is 48.5 Å². The van der Waals surface area contributed by atoms with Gasteiger partial charge in [0.1, 0.15) is 18.0 Å². The lowest BCUT2D eigenvalue weighted by Gasteiger charge is -2.33. The molecule has 28 heavy (non-hydrogen) atoms. The molecule has 0 radical (unpaired) electrons. The molecule has 3 rings (SSSR count).